The third-order valence-corrected chi connectivity index (χ3v) is 12.4. The van der Waals surface area contributed by atoms with Crippen LogP contribution >= 0.6 is 0 Å². The van der Waals surface area contributed by atoms with Gasteiger partial charge >= 0.3 is 47.8 Å². The zero-order chi connectivity index (χ0) is 66.1. The molecule has 20 heteroatoms. The van der Waals surface area contributed by atoms with E-state index in [1.54, 1.807) is 143 Å². The van der Waals surface area contributed by atoms with Crippen LogP contribution in [0.15, 0.2) is 183 Å². The highest BCUT2D eigenvalue weighted by molar-refractivity contribution is 5.93. The van der Waals surface area contributed by atoms with Gasteiger partial charge in [-0.2, -0.15) is 0 Å². The highest BCUT2D eigenvalue weighted by Crippen LogP contribution is 2.27. The minimum Gasteiger partial charge on any atom is -0.493 e. The number of aryl methyl sites for hydroxylation is 2. The van der Waals surface area contributed by atoms with Crippen molar-refractivity contribution in [3.63, 3.8) is 0 Å². The Bertz CT molecular complexity index is 3490. The summed E-state index contributed by atoms with van der Waals surface area (Å²) in [6.07, 6.45) is 3.65. The van der Waals surface area contributed by atoms with Crippen molar-refractivity contribution in [2.45, 2.75) is 66.7 Å². The molecule has 0 aliphatic rings. The number of hydrogen-bond donors (Lipinski definition) is 0. The van der Waals surface area contributed by atoms with Gasteiger partial charge in [-0.25, -0.2) is 38.4 Å². The molecule has 0 saturated heterocycles. The minimum atomic E-state index is -0.562. The first kappa shape index (κ1) is 71.0. The van der Waals surface area contributed by atoms with Gasteiger partial charge in [0.2, 0.25) is 0 Å². The molecule has 0 saturated carbocycles. The van der Waals surface area contributed by atoms with Crippen molar-refractivity contribution in [2.75, 3.05) is 59.5 Å². The summed E-state index contributed by atoms with van der Waals surface area (Å²) in [7, 11) is 0. The van der Waals surface area contributed by atoms with E-state index in [0.717, 1.165) is 17.2 Å². The van der Waals surface area contributed by atoms with Crippen molar-refractivity contribution < 1.29 is 95.2 Å². The molecule has 478 valence electrons. The molecule has 0 aliphatic carbocycles. The van der Waals surface area contributed by atoms with E-state index < -0.39 is 47.8 Å². The summed E-state index contributed by atoms with van der Waals surface area (Å²) in [5.74, 6) is -0.551. The molecule has 0 N–H and O–H groups in total. The Morgan fingerprint density at radius 2 is 0.670 bits per heavy atom. The molecule has 6 rings (SSSR count). The fourth-order valence-corrected chi connectivity index (χ4v) is 7.45. The summed E-state index contributed by atoms with van der Waals surface area (Å²) in [6, 6.07) is 36.2. The van der Waals surface area contributed by atoms with Crippen LogP contribution in [-0.2, 0) is 49.3 Å². The summed E-state index contributed by atoms with van der Waals surface area (Å²) in [6.45, 7) is 24.7. The van der Waals surface area contributed by atoms with E-state index in [4.69, 9.17) is 56.8 Å². The Morgan fingerprint density at radius 3 is 1.01 bits per heavy atom. The maximum atomic E-state index is 12.7. The number of carbonyl (C=O) groups excluding carboxylic acids is 8. The Labute approximate surface area is 528 Å². The van der Waals surface area contributed by atoms with Gasteiger partial charge in [-0.1, -0.05) is 38.4 Å². The number of carbonyl (C=O) groups is 8. The quantitative estimate of drug-likeness (QED) is 0.0120. The Morgan fingerprint density at radius 1 is 0.352 bits per heavy atom. The van der Waals surface area contributed by atoms with Gasteiger partial charge in [-0.3, -0.25) is 0 Å². The Hall–Kier alpha value is -10.8. The number of rotatable bonds is 34. The van der Waals surface area contributed by atoms with Crippen LogP contribution in [0.3, 0.4) is 0 Å². The molecule has 0 heterocycles. The number of benzene rings is 6. The SMILES string of the molecule is C=C(C)C(=O)OCCCOc1ccc(C(=O)Oc2ccc(OC(=O)c3ccc(OCCCOC(=O)C(=C)C)cc3)c(C)c2)cc1.C=CC(=O)OCCCOc1ccc(C(=O)OCCc2ccc(OC(=O)c3ccc(OCCCOC(=O)C(=C)C)cc3)c(C)c2)cc1. The molecule has 0 bridgehead atoms. The standard InChI is InChI=1S/C36H38O10.C35H36O10/c1-5-33(37)43-21-6-19-41-30-13-9-28(10-14-30)35(39)45-23-18-27-8-17-32(26(4)24-27)46-36(40)29-11-15-31(16-12-29)42-20-7-22-44-34(38)25(2)3;1-23(2)32(36)42-20-6-18-40-28-12-8-26(9-13-28)34(38)44-30-16-17-31(25(5)22-30)45-35(39)27-10-14-29(15-11-27)41-19-7-21-43-33(37)24(3)4/h5,8-17,24H,1-2,6-7,18-23H2,3-4H3;8-17,22H,1,3,6-7,18-21H2,2,4-5H3. The van der Waals surface area contributed by atoms with E-state index in [1.807, 2.05) is 19.1 Å². The van der Waals surface area contributed by atoms with Crippen LogP contribution in [-0.4, -0.2) is 107 Å². The maximum absolute atomic E-state index is 12.7. The lowest BCUT2D eigenvalue weighted by molar-refractivity contribution is -0.140. The summed E-state index contributed by atoms with van der Waals surface area (Å²) in [5, 5.41) is 0. The molecule has 0 amide bonds. The monoisotopic (exact) mass is 1250 g/mol. The molecule has 0 spiro atoms. The average Bonchev–Trinajstić information content (AvgIpc) is 2.46. The molecule has 6 aromatic rings. The van der Waals surface area contributed by atoms with Gasteiger partial charge in [0.25, 0.3) is 0 Å². The van der Waals surface area contributed by atoms with Crippen molar-refractivity contribution in [3.05, 3.63) is 222 Å². The third-order valence-electron chi connectivity index (χ3n) is 12.4. The van der Waals surface area contributed by atoms with Gasteiger partial charge in [0.1, 0.15) is 40.2 Å². The van der Waals surface area contributed by atoms with E-state index in [9.17, 15) is 38.4 Å². The first-order valence-corrected chi connectivity index (χ1v) is 28.9. The van der Waals surface area contributed by atoms with E-state index >= 15 is 0 Å². The zero-order valence-corrected chi connectivity index (χ0v) is 51.7. The highest BCUT2D eigenvalue weighted by atomic mass is 16.6. The van der Waals surface area contributed by atoms with Crippen LogP contribution in [0.5, 0.6) is 40.2 Å². The molecule has 0 atom stereocenters. The van der Waals surface area contributed by atoms with Gasteiger partial charge < -0.3 is 56.8 Å². The second-order valence-corrected chi connectivity index (χ2v) is 20.1. The second kappa shape index (κ2) is 37.8. The topological polar surface area (TPSA) is 247 Å². The molecule has 0 radical (unpaired) electrons. The molecule has 6 aromatic carbocycles. The summed E-state index contributed by atoms with van der Waals surface area (Å²) in [5.41, 5.74) is 4.72. The largest absolute Gasteiger partial charge is 0.493 e. The van der Waals surface area contributed by atoms with Crippen LogP contribution in [0.2, 0.25) is 0 Å². The summed E-state index contributed by atoms with van der Waals surface area (Å²) in [4.78, 5) is 95.6. The lowest BCUT2D eigenvalue weighted by Gasteiger charge is -2.11. The molecular formula is C71H74O20. The minimum absolute atomic E-state index is 0.174. The van der Waals surface area contributed by atoms with Gasteiger partial charge in [0, 0.05) is 54.9 Å². The predicted octanol–water partition coefficient (Wildman–Crippen LogP) is 12.2. The van der Waals surface area contributed by atoms with Crippen LogP contribution < -0.4 is 33.2 Å². The van der Waals surface area contributed by atoms with Crippen molar-refractivity contribution >= 4 is 47.8 Å². The molecule has 20 nitrogen and oxygen atoms in total. The molecule has 91 heavy (non-hydrogen) atoms. The van der Waals surface area contributed by atoms with Crippen LogP contribution in [0.1, 0.15) is 105 Å². The van der Waals surface area contributed by atoms with Gasteiger partial charge in [-0.05, 0) is 173 Å². The zero-order valence-electron chi connectivity index (χ0n) is 51.7. The number of hydrogen-bond acceptors (Lipinski definition) is 20. The van der Waals surface area contributed by atoms with Crippen molar-refractivity contribution in [2.24, 2.45) is 0 Å². The third kappa shape index (κ3) is 25.8. The maximum Gasteiger partial charge on any atom is 0.343 e. The van der Waals surface area contributed by atoms with Gasteiger partial charge in [0.15, 0.2) is 0 Å². The van der Waals surface area contributed by atoms with Crippen LogP contribution in [0.4, 0.5) is 0 Å². The fraction of sp³-hybridized carbons (Fsp3) is 0.268. The fourth-order valence-electron chi connectivity index (χ4n) is 7.45. The second-order valence-electron chi connectivity index (χ2n) is 20.1. The Kier molecular flexibility index (Phi) is 29.5. The van der Waals surface area contributed by atoms with Crippen LogP contribution in [0, 0.1) is 13.8 Å². The summed E-state index contributed by atoms with van der Waals surface area (Å²) < 4.78 is 64.4. The van der Waals surface area contributed by atoms with Crippen LogP contribution in [0.25, 0.3) is 0 Å². The molecule has 0 aliphatic heterocycles. The van der Waals surface area contributed by atoms with Crippen molar-refractivity contribution in [1.29, 1.82) is 0 Å². The lowest BCUT2D eigenvalue weighted by atomic mass is 10.1. The van der Waals surface area contributed by atoms with E-state index in [2.05, 4.69) is 26.3 Å². The summed E-state index contributed by atoms with van der Waals surface area (Å²) >= 11 is 0. The van der Waals surface area contributed by atoms with E-state index in [-0.39, 0.29) is 38.8 Å². The first-order chi connectivity index (χ1) is 43.7. The molecule has 0 unspecified atom stereocenters. The first-order valence-electron chi connectivity index (χ1n) is 28.9. The van der Waals surface area contributed by atoms with Crippen molar-refractivity contribution in [1.82, 2.24) is 0 Å². The lowest BCUT2D eigenvalue weighted by Crippen LogP contribution is -2.11. The smallest absolute Gasteiger partial charge is 0.343 e. The number of ether oxygens (including phenoxy) is 12. The molecule has 0 fully saturated rings. The van der Waals surface area contributed by atoms with Gasteiger partial charge in [-0.15, -0.1) is 0 Å². The Balaban J connectivity index is 0.000000331. The van der Waals surface area contributed by atoms with Crippen molar-refractivity contribution in [3.8, 4) is 40.2 Å². The number of esters is 8. The molecular weight excluding hydrogens is 1170 g/mol. The normalized spacial score (nSPS) is 10.3. The van der Waals surface area contributed by atoms with Gasteiger partial charge in [0.05, 0.1) is 81.7 Å². The average molecular weight is 1250 g/mol. The van der Waals surface area contributed by atoms with E-state index in [1.165, 1.54) is 6.07 Å². The van der Waals surface area contributed by atoms with E-state index in [0.29, 0.717) is 138 Å². The highest BCUT2D eigenvalue weighted by Gasteiger charge is 2.17. The predicted molar refractivity (Wildman–Crippen MR) is 336 cm³/mol. The molecule has 0 aromatic heterocycles.